The summed E-state index contributed by atoms with van der Waals surface area (Å²) in [4.78, 5) is 25.4. The van der Waals surface area contributed by atoms with Crippen LogP contribution in [0.4, 0.5) is 5.69 Å². The number of anilines is 1. The molecule has 1 amide bonds. The number of amides is 1. The molecule has 0 bridgehead atoms. The lowest BCUT2D eigenvalue weighted by molar-refractivity contribution is -0.137. The summed E-state index contributed by atoms with van der Waals surface area (Å²) in [5.41, 5.74) is 3.41. The summed E-state index contributed by atoms with van der Waals surface area (Å²) in [7, 11) is 0. The largest absolute Gasteiger partial charge is 0.481 e. The van der Waals surface area contributed by atoms with Crippen molar-refractivity contribution in [2.45, 2.75) is 65.3 Å². The Morgan fingerprint density at radius 2 is 2.00 bits per heavy atom. The molecule has 1 unspecified atom stereocenters. The van der Waals surface area contributed by atoms with Crippen LogP contribution in [-0.2, 0) is 22.4 Å². The van der Waals surface area contributed by atoms with Gasteiger partial charge in [0.05, 0.1) is 0 Å². The highest BCUT2D eigenvalue weighted by molar-refractivity contribution is 5.97. The average Bonchev–Trinajstić information content (AvgIpc) is 2.83. The monoisotopic (exact) mass is 317 g/mol. The van der Waals surface area contributed by atoms with Gasteiger partial charge in [0.15, 0.2) is 0 Å². The lowest BCUT2D eigenvalue weighted by Gasteiger charge is -2.26. The van der Waals surface area contributed by atoms with Gasteiger partial charge in [-0.3, -0.25) is 9.59 Å². The van der Waals surface area contributed by atoms with Crippen LogP contribution in [0.3, 0.4) is 0 Å². The SMILES string of the molecule is CCC(CC)C(=O)N1c2ccc(CCCC(=O)O)cc2CC1C. The molecule has 0 aliphatic carbocycles. The van der Waals surface area contributed by atoms with Crippen LogP contribution in [0.15, 0.2) is 18.2 Å². The number of hydrogen-bond acceptors (Lipinski definition) is 2. The zero-order valence-electron chi connectivity index (χ0n) is 14.3. The third kappa shape index (κ3) is 3.92. The molecule has 1 heterocycles. The molecule has 0 aromatic heterocycles. The number of carbonyl (C=O) groups is 2. The second-order valence-electron chi connectivity index (χ2n) is 6.49. The molecule has 1 aromatic rings. The quantitative estimate of drug-likeness (QED) is 0.832. The Labute approximate surface area is 138 Å². The molecule has 0 spiro atoms. The number of carbonyl (C=O) groups excluding carboxylic acids is 1. The highest BCUT2D eigenvalue weighted by Gasteiger charge is 2.33. The Bertz CT molecular complexity index is 578. The van der Waals surface area contributed by atoms with E-state index in [2.05, 4.69) is 26.8 Å². The van der Waals surface area contributed by atoms with Crippen molar-refractivity contribution in [3.8, 4) is 0 Å². The van der Waals surface area contributed by atoms with Crippen LogP contribution in [0, 0.1) is 5.92 Å². The summed E-state index contributed by atoms with van der Waals surface area (Å²) in [5, 5.41) is 8.73. The van der Waals surface area contributed by atoms with Crippen LogP contribution in [0.25, 0.3) is 0 Å². The lowest BCUT2D eigenvalue weighted by atomic mass is 10.0. The van der Waals surface area contributed by atoms with E-state index >= 15 is 0 Å². The third-order valence-electron chi connectivity index (χ3n) is 4.79. The Morgan fingerprint density at radius 1 is 1.30 bits per heavy atom. The van der Waals surface area contributed by atoms with Crippen LogP contribution >= 0.6 is 0 Å². The maximum Gasteiger partial charge on any atom is 0.303 e. The van der Waals surface area contributed by atoms with E-state index in [0.29, 0.717) is 6.42 Å². The van der Waals surface area contributed by atoms with E-state index in [1.807, 2.05) is 17.0 Å². The van der Waals surface area contributed by atoms with Gasteiger partial charge in [-0.15, -0.1) is 0 Å². The highest BCUT2D eigenvalue weighted by atomic mass is 16.4. The van der Waals surface area contributed by atoms with E-state index < -0.39 is 5.97 Å². The minimum absolute atomic E-state index is 0.0960. The van der Waals surface area contributed by atoms with E-state index in [1.165, 1.54) is 5.56 Å². The molecule has 0 saturated carbocycles. The van der Waals surface area contributed by atoms with Gasteiger partial charge in [-0.2, -0.15) is 0 Å². The molecule has 0 saturated heterocycles. The normalized spacial score (nSPS) is 16.7. The van der Waals surface area contributed by atoms with E-state index in [1.54, 1.807) is 0 Å². The predicted octanol–water partition coefficient (Wildman–Crippen LogP) is 3.81. The molecule has 2 rings (SSSR count). The Kier molecular flexibility index (Phi) is 5.80. The van der Waals surface area contributed by atoms with Gasteiger partial charge in [0.1, 0.15) is 0 Å². The fraction of sp³-hybridized carbons (Fsp3) is 0.579. The zero-order valence-corrected chi connectivity index (χ0v) is 14.3. The first kappa shape index (κ1) is 17.5. The summed E-state index contributed by atoms with van der Waals surface area (Å²) >= 11 is 0. The number of aliphatic carboxylic acids is 1. The number of rotatable bonds is 7. The molecule has 1 aromatic carbocycles. The summed E-state index contributed by atoms with van der Waals surface area (Å²) in [6, 6.07) is 6.42. The number of benzene rings is 1. The van der Waals surface area contributed by atoms with Crippen LogP contribution < -0.4 is 4.90 Å². The first-order valence-corrected chi connectivity index (χ1v) is 8.64. The zero-order chi connectivity index (χ0) is 17.0. The van der Waals surface area contributed by atoms with Gasteiger partial charge < -0.3 is 10.0 Å². The number of carboxylic acid groups (broad SMARTS) is 1. The first-order valence-electron chi connectivity index (χ1n) is 8.64. The molecule has 1 atom stereocenters. The van der Waals surface area contributed by atoms with Crippen molar-refractivity contribution >= 4 is 17.6 Å². The van der Waals surface area contributed by atoms with Crippen molar-refractivity contribution in [1.82, 2.24) is 0 Å². The predicted molar refractivity (Wildman–Crippen MR) is 91.7 cm³/mol. The molecule has 126 valence electrons. The van der Waals surface area contributed by atoms with E-state index in [9.17, 15) is 9.59 Å². The number of aryl methyl sites for hydroxylation is 1. The van der Waals surface area contributed by atoms with E-state index in [-0.39, 0.29) is 24.3 Å². The number of hydrogen-bond donors (Lipinski definition) is 1. The minimum Gasteiger partial charge on any atom is -0.481 e. The summed E-state index contributed by atoms with van der Waals surface area (Å²) in [6.45, 7) is 6.24. The number of fused-ring (bicyclic) bond motifs is 1. The van der Waals surface area contributed by atoms with Crippen molar-refractivity contribution in [2.24, 2.45) is 5.92 Å². The summed E-state index contributed by atoms with van der Waals surface area (Å²) in [5.74, 6) is -0.416. The van der Waals surface area contributed by atoms with Crippen molar-refractivity contribution in [3.05, 3.63) is 29.3 Å². The van der Waals surface area contributed by atoms with Gasteiger partial charge in [0.2, 0.25) is 5.91 Å². The smallest absolute Gasteiger partial charge is 0.303 e. The van der Waals surface area contributed by atoms with Crippen LogP contribution in [-0.4, -0.2) is 23.0 Å². The third-order valence-corrected chi connectivity index (χ3v) is 4.79. The molecular formula is C19H27NO3. The number of nitrogens with zero attached hydrogens (tertiary/aromatic N) is 1. The Balaban J connectivity index is 2.14. The molecule has 1 aliphatic heterocycles. The maximum atomic E-state index is 12.8. The number of carboxylic acids is 1. The molecule has 0 fully saturated rings. The molecule has 1 aliphatic rings. The summed E-state index contributed by atoms with van der Waals surface area (Å²) < 4.78 is 0. The molecule has 4 nitrogen and oxygen atoms in total. The maximum absolute atomic E-state index is 12.8. The molecule has 4 heteroatoms. The first-order chi connectivity index (χ1) is 11.0. The second-order valence-corrected chi connectivity index (χ2v) is 6.49. The summed E-state index contributed by atoms with van der Waals surface area (Å²) in [6.07, 6.45) is 4.26. The van der Waals surface area contributed by atoms with Gasteiger partial charge in [-0.25, -0.2) is 0 Å². The molecule has 1 N–H and O–H groups in total. The van der Waals surface area contributed by atoms with Crippen molar-refractivity contribution < 1.29 is 14.7 Å². The van der Waals surface area contributed by atoms with E-state index in [4.69, 9.17) is 5.11 Å². The Hall–Kier alpha value is -1.84. The van der Waals surface area contributed by atoms with Crippen LogP contribution in [0.2, 0.25) is 0 Å². The van der Waals surface area contributed by atoms with Crippen LogP contribution in [0.5, 0.6) is 0 Å². The fourth-order valence-electron chi connectivity index (χ4n) is 3.45. The van der Waals surface area contributed by atoms with Crippen LogP contribution in [0.1, 0.15) is 57.6 Å². The average molecular weight is 317 g/mol. The van der Waals surface area contributed by atoms with Crippen molar-refractivity contribution in [1.29, 1.82) is 0 Å². The van der Waals surface area contributed by atoms with E-state index in [0.717, 1.165) is 36.9 Å². The molecule has 23 heavy (non-hydrogen) atoms. The van der Waals surface area contributed by atoms with Gasteiger partial charge in [-0.05, 0) is 56.2 Å². The molecule has 0 radical (unpaired) electrons. The topological polar surface area (TPSA) is 57.6 Å². The Morgan fingerprint density at radius 3 is 2.61 bits per heavy atom. The highest BCUT2D eigenvalue weighted by Crippen LogP contribution is 2.35. The fourth-order valence-corrected chi connectivity index (χ4v) is 3.45. The minimum atomic E-state index is -0.748. The lowest BCUT2D eigenvalue weighted by Crippen LogP contribution is -2.39. The van der Waals surface area contributed by atoms with Gasteiger partial charge in [0.25, 0.3) is 0 Å². The van der Waals surface area contributed by atoms with Crippen molar-refractivity contribution in [3.63, 3.8) is 0 Å². The second kappa shape index (κ2) is 7.62. The van der Waals surface area contributed by atoms with Crippen molar-refractivity contribution in [2.75, 3.05) is 4.90 Å². The van der Waals surface area contributed by atoms with Gasteiger partial charge in [-0.1, -0.05) is 26.0 Å². The standard InChI is InChI=1S/C19H27NO3/c1-4-15(5-2)19(23)20-13(3)11-16-12-14(9-10-17(16)20)7-6-8-18(21)22/h9-10,12-13,15H,4-8,11H2,1-3H3,(H,21,22). The van der Waals surface area contributed by atoms with Gasteiger partial charge >= 0.3 is 5.97 Å². The van der Waals surface area contributed by atoms with Gasteiger partial charge in [0, 0.05) is 24.1 Å². The molecular weight excluding hydrogens is 290 g/mol.